The van der Waals surface area contributed by atoms with Crippen molar-refractivity contribution >= 4 is 18.8 Å². The molecule has 1 radical (unpaired) electrons. The summed E-state index contributed by atoms with van der Waals surface area (Å²) in [6.45, 7) is 0. The Hall–Kier alpha value is -2.92. The van der Waals surface area contributed by atoms with E-state index in [0.717, 1.165) is 0 Å². The van der Waals surface area contributed by atoms with Gasteiger partial charge in [-0.3, -0.25) is 14.2 Å². The molecule has 0 aliphatic carbocycles. The molecule has 0 saturated carbocycles. The van der Waals surface area contributed by atoms with Gasteiger partial charge in [-0.25, -0.2) is 0 Å². The molecule has 0 aliphatic heterocycles. The lowest BCUT2D eigenvalue weighted by atomic mass is 10.2. The van der Waals surface area contributed by atoms with Crippen LogP contribution < -0.4 is 18.9 Å². The number of ether oxygens (including phenoxy) is 4. The monoisotopic (exact) mass is 377 g/mol. The first kappa shape index (κ1) is 19.4. The van der Waals surface area contributed by atoms with Crippen molar-refractivity contribution in [3.63, 3.8) is 0 Å². The van der Waals surface area contributed by atoms with Crippen molar-refractivity contribution in [1.82, 2.24) is 0 Å². The van der Waals surface area contributed by atoms with E-state index < -0.39 is 18.8 Å². The molecule has 0 aromatic heterocycles. The Morgan fingerprint density at radius 3 is 1.38 bits per heavy atom. The van der Waals surface area contributed by atoms with Gasteiger partial charge in [-0.05, 0) is 24.3 Å². The second kappa shape index (κ2) is 8.45. The molecule has 2 aromatic carbocycles. The minimum atomic E-state index is -2.93. The highest BCUT2D eigenvalue weighted by Crippen LogP contribution is 2.42. The smallest absolute Gasteiger partial charge is 0.253 e. The third-order valence-corrected chi connectivity index (χ3v) is 4.86. The van der Waals surface area contributed by atoms with Crippen LogP contribution in [-0.2, 0) is 4.57 Å². The zero-order chi connectivity index (χ0) is 19.3. The summed E-state index contributed by atoms with van der Waals surface area (Å²) in [5.74, 6) is 0.837. The predicted molar refractivity (Wildman–Crippen MR) is 95.4 cm³/mol. The Kier molecular flexibility index (Phi) is 6.31. The van der Waals surface area contributed by atoms with Crippen LogP contribution in [0.5, 0.6) is 23.0 Å². The summed E-state index contributed by atoms with van der Waals surface area (Å²) in [5, 5.41) is 0. The number of hydrogen-bond acceptors (Lipinski definition) is 7. The summed E-state index contributed by atoms with van der Waals surface area (Å²) in [5.41, 5.74) is -1.71. The van der Waals surface area contributed by atoms with E-state index in [1.165, 1.54) is 40.6 Å². The Balaban J connectivity index is 2.44. The summed E-state index contributed by atoms with van der Waals surface area (Å²) < 4.78 is 33.2. The van der Waals surface area contributed by atoms with Crippen LogP contribution in [0.2, 0.25) is 0 Å². The number of benzene rings is 2. The SMILES string of the molecule is COc1cccc(C(=O)[P](=O)C(=O)c2cccc(OC)c2OC)c1OC. The molecule has 0 saturated heterocycles. The van der Waals surface area contributed by atoms with Crippen molar-refractivity contribution in [3.05, 3.63) is 47.5 Å². The third kappa shape index (κ3) is 3.53. The van der Waals surface area contributed by atoms with E-state index in [0.29, 0.717) is 11.5 Å². The van der Waals surface area contributed by atoms with Crippen LogP contribution in [0.15, 0.2) is 36.4 Å². The molecule has 0 aliphatic rings. The lowest BCUT2D eigenvalue weighted by Gasteiger charge is -2.12. The van der Waals surface area contributed by atoms with Crippen molar-refractivity contribution in [2.75, 3.05) is 28.4 Å². The fourth-order valence-electron chi connectivity index (χ4n) is 2.42. The van der Waals surface area contributed by atoms with Gasteiger partial charge < -0.3 is 18.9 Å². The lowest BCUT2D eigenvalue weighted by molar-refractivity contribution is 0.104. The van der Waals surface area contributed by atoms with Gasteiger partial charge in [-0.1, -0.05) is 12.1 Å². The summed E-state index contributed by atoms with van der Waals surface area (Å²) in [4.78, 5) is 25.3. The van der Waals surface area contributed by atoms with E-state index in [1.54, 1.807) is 24.3 Å². The van der Waals surface area contributed by atoms with Crippen LogP contribution in [0.4, 0.5) is 0 Å². The predicted octanol–water partition coefficient (Wildman–Crippen LogP) is 3.53. The van der Waals surface area contributed by atoms with Crippen molar-refractivity contribution in [3.8, 4) is 23.0 Å². The average Bonchev–Trinajstić information content (AvgIpc) is 2.70. The van der Waals surface area contributed by atoms with Crippen molar-refractivity contribution in [2.24, 2.45) is 0 Å². The molecule has 0 unspecified atom stereocenters. The van der Waals surface area contributed by atoms with Crippen LogP contribution in [0, 0.1) is 0 Å². The zero-order valence-corrected chi connectivity index (χ0v) is 15.7. The quantitative estimate of drug-likeness (QED) is 0.650. The molecule has 0 N–H and O–H groups in total. The summed E-state index contributed by atoms with van der Waals surface area (Å²) >= 11 is 0. The number of methoxy groups -OCH3 is 4. The van der Waals surface area contributed by atoms with Gasteiger partial charge in [0.05, 0.1) is 39.6 Å². The van der Waals surface area contributed by atoms with Crippen LogP contribution in [-0.4, -0.2) is 39.5 Å². The molecule has 26 heavy (non-hydrogen) atoms. The summed E-state index contributed by atoms with van der Waals surface area (Å²) in [6.07, 6.45) is 0. The third-order valence-electron chi connectivity index (χ3n) is 3.64. The van der Waals surface area contributed by atoms with Crippen molar-refractivity contribution in [1.29, 1.82) is 0 Å². The first-order chi connectivity index (χ1) is 12.5. The molecular formula is C18H18O7P. The molecule has 2 aromatic rings. The summed E-state index contributed by atoms with van der Waals surface area (Å²) in [6, 6.07) is 9.13. The van der Waals surface area contributed by atoms with Crippen molar-refractivity contribution in [2.45, 2.75) is 0 Å². The normalized spacial score (nSPS) is 10.0. The number of carbonyl (C=O) groups is 2. The fraction of sp³-hybridized carbons (Fsp3) is 0.222. The summed E-state index contributed by atoms with van der Waals surface area (Å²) in [7, 11) is 2.61. The number of carbonyl (C=O) groups excluding carboxylic acids is 2. The van der Waals surface area contributed by atoms with Gasteiger partial charge in [-0.15, -0.1) is 0 Å². The average molecular weight is 377 g/mol. The second-order valence-corrected chi connectivity index (χ2v) is 6.39. The maximum absolute atomic E-state index is 12.6. The molecule has 0 heterocycles. The van der Waals surface area contributed by atoms with Crippen LogP contribution in [0.25, 0.3) is 0 Å². The zero-order valence-electron chi connectivity index (χ0n) is 14.8. The maximum atomic E-state index is 12.6. The molecule has 0 atom stereocenters. The molecular weight excluding hydrogens is 359 g/mol. The van der Waals surface area contributed by atoms with E-state index in [9.17, 15) is 14.2 Å². The van der Waals surface area contributed by atoms with Gasteiger partial charge >= 0.3 is 0 Å². The largest absolute Gasteiger partial charge is 0.493 e. The first-order valence-electron chi connectivity index (χ1n) is 7.48. The van der Waals surface area contributed by atoms with Gasteiger partial charge in [-0.2, -0.15) is 0 Å². The molecule has 8 heteroatoms. The Morgan fingerprint density at radius 2 is 1.08 bits per heavy atom. The molecule has 0 bridgehead atoms. The standard InChI is InChI=1S/C18H18O7P/c1-22-13-9-5-7-11(15(13)24-3)17(19)26(21)18(20)12-8-6-10-14(23-2)16(12)25-4/h5-10H,1-4H3. The Labute approximate surface area is 151 Å². The highest BCUT2D eigenvalue weighted by molar-refractivity contribution is 7.80. The van der Waals surface area contributed by atoms with Gasteiger partial charge in [0.25, 0.3) is 11.0 Å². The molecule has 0 spiro atoms. The topological polar surface area (TPSA) is 88.1 Å². The van der Waals surface area contributed by atoms with Gasteiger partial charge in [0.15, 0.2) is 23.0 Å². The van der Waals surface area contributed by atoms with Crippen LogP contribution in [0.3, 0.4) is 0 Å². The highest BCUT2D eigenvalue weighted by atomic mass is 31.1. The second-order valence-electron chi connectivity index (χ2n) is 4.99. The minimum Gasteiger partial charge on any atom is -0.493 e. The Bertz CT molecular complexity index is 791. The van der Waals surface area contributed by atoms with E-state index >= 15 is 0 Å². The maximum Gasteiger partial charge on any atom is 0.253 e. The van der Waals surface area contributed by atoms with Gasteiger partial charge in [0, 0.05) is 0 Å². The molecule has 2 rings (SSSR count). The number of rotatable bonds is 8. The number of hydrogen-bond donors (Lipinski definition) is 0. The molecule has 0 amide bonds. The lowest BCUT2D eigenvalue weighted by Crippen LogP contribution is -2.06. The molecule has 137 valence electrons. The van der Waals surface area contributed by atoms with Gasteiger partial charge in [0.1, 0.15) is 0 Å². The van der Waals surface area contributed by atoms with E-state index in [4.69, 9.17) is 18.9 Å². The van der Waals surface area contributed by atoms with E-state index in [1.807, 2.05) is 0 Å². The van der Waals surface area contributed by atoms with Crippen LogP contribution >= 0.6 is 7.80 Å². The van der Waals surface area contributed by atoms with E-state index in [-0.39, 0.29) is 22.6 Å². The first-order valence-corrected chi connectivity index (χ1v) is 8.74. The number of para-hydroxylation sites is 2. The Morgan fingerprint density at radius 1 is 0.692 bits per heavy atom. The van der Waals surface area contributed by atoms with Crippen molar-refractivity contribution < 1.29 is 33.1 Å². The minimum absolute atomic E-state index is 0.00294. The fourth-order valence-corrected chi connectivity index (χ4v) is 3.40. The van der Waals surface area contributed by atoms with Crippen LogP contribution in [0.1, 0.15) is 20.7 Å². The van der Waals surface area contributed by atoms with Gasteiger partial charge in [0.2, 0.25) is 7.80 Å². The molecule has 0 fully saturated rings. The molecule has 7 nitrogen and oxygen atoms in total. The highest BCUT2D eigenvalue weighted by Gasteiger charge is 2.30. The van der Waals surface area contributed by atoms with E-state index in [2.05, 4.69) is 0 Å².